The van der Waals surface area contributed by atoms with Crippen molar-refractivity contribution in [3.63, 3.8) is 0 Å². The second-order valence-corrected chi connectivity index (χ2v) is 8.92. The minimum absolute atomic E-state index is 0.0959. The first-order valence-corrected chi connectivity index (χ1v) is 10.5. The van der Waals surface area contributed by atoms with Crippen LogP contribution in [0.4, 0.5) is 8.78 Å². The topological polar surface area (TPSA) is 89.6 Å². The molecule has 2 aliphatic rings. The highest BCUT2D eigenvalue weighted by Crippen LogP contribution is 2.50. The minimum Gasteiger partial charge on any atom is -0.496 e. The van der Waals surface area contributed by atoms with Gasteiger partial charge in [0, 0.05) is 35.2 Å². The van der Waals surface area contributed by atoms with Gasteiger partial charge in [0.15, 0.2) is 5.43 Å². The molecule has 0 unspecified atom stereocenters. The molecule has 5 rings (SSSR count). The molecule has 1 saturated heterocycles. The van der Waals surface area contributed by atoms with E-state index in [1.54, 1.807) is 10.7 Å². The quantitative estimate of drug-likeness (QED) is 0.637. The lowest BCUT2D eigenvalue weighted by molar-refractivity contribution is 0.0566. The maximum Gasteiger partial charge on any atom is 0.341 e. The Hall–Kier alpha value is -3.69. The lowest BCUT2D eigenvalue weighted by atomic mass is 9.90. The van der Waals surface area contributed by atoms with Crippen molar-refractivity contribution in [3.8, 4) is 28.1 Å². The number of aromatic nitrogens is 3. The van der Waals surface area contributed by atoms with Crippen molar-refractivity contribution in [2.24, 2.45) is 0 Å². The molecule has 0 saturated carbocycles. The highest BCUT2D eigenvalue weighted by atomic mass is 19.3. The molecule has 0 spiro atoms. The molecule has 0 aliphatic carbocycles. The molecular weight excluding hydrogens is 434 g/mol. The molecule has 3 aromatic rings. The molecule has 8 nitrogen and oxygen atoms in total. The summed E-state index contributed by atoms with van der Waals surface area (Å²) in [5.41, 5.74) is 2.13. The molecule has 0 bridgehead atoms. The molecule has 2 aromatic heterocycles. The van der Waals surface area contributed by atoms with Crippen LogP contribution in [0, 0.1) is 0 Å². The van der Waals surface area contributed by atoms with Crippen molar-refractivity contribution in [3.05, 3.63) is 58.1 Å². The van der Waals surface area contributed by atoms with Crippen LogP contribution in [0.3, 0.4) is 0 Å². The van der Waals surface area contributed by atoms with E-state index in [-0.39, 0.29) is 17.1 Å². The number of aromatic carboxylic acids is 1. The smallest absolute Gasteiger partial charge is 0.341 e. The van der Waals surface area contributed by atoms with Gasteiger partial charge in [-0.2, -0.15) is 13.9 Å². The third-order valence-electron chi connectivity index (χ3n) is 6.56. The summed E-state index contributed by atoms with van der Waals surface area (Å²) in [7, 11) is 1.48. The lowest BCUT2D eigenvalue weighted by Gasteiger charge is -2.44. The van der Waals surface area contributed by atoms with Crippen molar-refractivity contribution in [1.29, 1.82) is 0 Å². The maximum atomic E-state index is 13.1. The number of halogens is 2. The van der Waals surface area contributed by atoms with E-state index >= 15 is 0 Å². The molecular formula is C23H22F2N4O4. The van der Waals surface area contributed by atoms with Crippen LogP contribution in [0.15, 0.2) is 41.6 Å². The van der Waals surface area contributed by atoms with Crippen LogP contribution in [0.2, 0.25) is 0 Å². The average molecular weight is 456 g/mol. The Labute approximate surface area is 187 Å². The molecule has 1 fully saturated rings. The molecule has 0 radical (unpaired) electrons. The fourth-order valence-corrected chi connectivity index (χ4v) is 5.01. The molecule has 1 N–H and O–H groups in total. The van der Waals surface area contributed by atoms with Gasteiger partial charge < -0.3 is 9.84 Å². The number of rotatable bonds is 4. The van der Waals surface area contributed by atoms with E-state index in [2.05, 4.69) is 24.0 Å². The van der Waals surface area contributed by atoms with Crippen molar-refractivity contribution >= 4 is 5.97 Å². The summed E-state index contributed by atoms with van der Waals surface area (Å²) in [5.74, 6) is -0.840. The van der Waals surface area contributed by atoms with Crippen LogP contribution >= 0.6 is 0 Å². The van der Waals surface area contributed by atoms with Gasteiger partial charge >= 0.3 is 12.5 Å². The van der Waals surface area contributed by atoms with Gasteiger partial charge in [-0.05, 0) is 44.4 Å². The normalized spacial score (nSPS) is 18.1. The van der Waals surface area contributed by atoms with E-state index in [9.17, 15) is 23.5 Å². The van der Waals surface area contributed by atoms with Crippen LogP contribution in [0.25, 0.3) is 22.4 Å². The molecule has 4 heterocycles. The van der Waals surface area contributed by atoms with Gasteiger partial charge in [-0.3, -0.25) is 14.5 Å². The SMILES string of the molecule is COc1cc2c(cc1-c1cnn(C(F)F)c1)[C@H]1CCC(C)(C)N1n1cc(C(=O)O)c(=O)cc1-2. The predicted molar refractivity (Wildman–Crippen MR) is 116 cm³/mol. The van der Waals surface area contributed by atoms with Gasteiger partial charge in [0.2, 0.25) is 0 Å². The molecule has 172 valence electrons. The van der Waals surface area contributed by atoms with Crippen molar-refractivity contribution < 1.29 is 23.4 Å². The fourth-order valence-electron chi connectivity index (χ4n) is 5.01. The van der Waals surface area contributed by atoms with E-state index in [1.807, 2.05) is 6.07 Å². The van der Waals surface area contributed by atoms with Gasteiger partial charge in [0.25, 0.3) is 0 Å². The minimum atomic E-state index is -2.75. The number of carboxylic acid groups (broad SMARTS) is 1. The average Bonchev–Trinajstić information content (AvgIpc) is 3.37. The van der Waals surface area contributed by atoms with Gasteiger partial charge in [0.1, 0.15) is 11.3 Å². The molecule has 10 heteroatoms. The zero-order valence-electron chi connectivity index (χ0n) is 18.2. The van der Waals surface area contributed by atoms with Crippen LogP contribution in [0.5, 0.6) is 5.75 Å². The van der Waals surface area contributed by atoms with Gasteiger partial charge in [0.05, 0.1) is 30.6 Å². The second-order valence-electron chi connectivity index (χ2n) is 8.92. The van der Waals surface area contributed by atoms with Gasteiger partial charge in [-0.15, -0.1) is 0 Å². The summed E-state index contributed by atoms with van der Waals surface area (Å²) in [4.78, 5) is 24.2. The molecule has 33 heavy (non-hydrogen) atoms. The number of benzene rings is 1. The largest absolute Gasteiger partial charge is 0.496 e. The summed E-state index contributed by atoms with van der Waals surface area (Å²) in [6, 6.07) is 4.92. The first-order valence-electron chi connectivity index (χ1n) is 10.5. The van der Waals surface area contributed by atoms with Crippen LogP contribution in [0.1, 0.15) is 55.2 Å². The summed E-state index contributed by atoms with van der Waals surface area (Å²) >= 11 is 0. The van der Waals surface area contributed by atoms with E-state index in [4.69, 9.17) is 4.74 Å². The third kappa shape index (κ3) is 3.12. The first-order chi connectivity index (χ1) is 15.6. The Balaban J connectivity index is 1.78. The number of ether oxygens (including phenoxy) is 1. The Kier molecular flexibility index (Phi) is 4.59. The standard InChI is InChI=1S/C23H22F2N4O4/c1-23(2)5-4-17-14-6-13(12-9-26-27(10-12)22(24)25)20(33-3)7-15(14)18-8-19(30)16(21(31)32)11-28(18)29(17)23/h6-11,17,22H,4-5H2,1-3H3,(H,31,32)/t17-/m1/s1. The van der Waals surface area contributed by atoms with E-state index in [0.29, 0.717) is 27.3 Å². The number of hydrogen-bond acceptors (Lipinski definition) is 5. The number of pyridine rings is 1. The summed E-state index contributed by atoms with van der Waals surface area (Å²) in [6.07, 6.45) is 5.67. The number of alkyl halides is 2. The summed E-state index contributed by atoms with van der Waals surface area (Å²) < 4.78 is 34.1. The lowest BCUT2D eigenvalue weighted by Crippen LogP contribution is -2.50. The number of fused-ring (bicyclic) bond motifs is 6. The zero-order valence-corrected chi connectivity index (χ0v) is 18.2. The summed E-state index contributed by atoms with van der Waals surface area (Å²) in [6.45, 7) is 1.38. The Bertz CT molecular complexity index is 1340. The fraction of sp³-hybridized carbons (Fsp3) is 0.348. The molecule has 2 aliphatic heterocycles. The molecule has 1 atom stereocenters. The monoisotopic (exact) mass is 456 g/mol. The number of methoxy groups -OCH3 is 1. The maximum absolute atomic E-state index is 13.1. The van der Waals surface area contributed by atoms with Gasteiger partial charge in [-0.1, -0.05) is 0 Å². The Morgan fingerprint density at radius 1 is 1.24 bits per heavy atom. The van der Waals surface area contributed by atoms with E-state index in [0.717, 1.165) is 24.0 Å². The Morgan fingerprint density at radius 2 is 2.00 bits per heavy atom. The Morgan fingerprint density at radius 3 is 2.64 bits per heavy atom. The van der Waals surface area contributed by atoms with Crippen molar-refractivity contribution in [1.82, 2.24) is 14.5 Å². The van der Waals surface area contributed by atoms with Crippen molar-refractivity contribution in [2.75, 3.05) is 12.1 Å². The number of carboxylic acids is 1. The van der Waals surface area contributed by atoms with E-state index < -0.39 is 17.9 Å². The number of hydrogen-bond donors (Lipinski definition) is 1. The highest BCUT2D eigenvalue weighted by Gasteiger charge is 2.45. The van der Waals surface area contributed by atoms with Crippen molar-refractivity contribution in [2.45, 2.75) is 44.8 Å². The highest BCUT2D eigenvalue weighted by molar-refractivity contribution is 5.88. The third-order valence-corrected chi connectivity index (χ3v) is 6.56. The number of carbonyl (C=O) groups is 1. The van der Waals surface area contributed by atoms with E-state index in [1.165, 1.54) is 31.8 Å². The number of nitrogens with zero attached hydrogens (tertiary/aromatic N) is 4. The van der Waals surface area contributed by atoms with Gasteiger partial charge in [-0.25, -0.2) is 9.48 Å². The predicted octanol–water partition coefficient (Wildman–Crippen LogP) is 4.05. The first kappa shape index (κ1) is 21.2. The molecule has 0 amide bonds. The van der Waals surface area contributed by atoms with Crippen LogP contribution in [-0.4, -0.2) is 38.2 Å². The summed E-state index contributed by atoms with van der Waals surface area (Å²) in [5, 5.41) is 15.3. The second kappa shape index (κ2) is 7.16. The van der Waals surface area contributed by atoms with Crippen LogP contribution in [-0.2, 0) is 0 Å². The zero-order chi connectivity index (χ0) is 23.7. The van der Waals surface area contributed by atoms with Crippen LogP contribution < -0.4 is 15.2 Å². The molecule has 1 aromatic carbocycles.